The molecule has 0 aromatic heterocycles. The van der Waals surface area contributed by atoms with Crippen LogP contribution in [0.25, 0.3) is 0 Å². The van der Waals surface area contributed by atoms with Gasteiger partial charge in [-0.15, -0.1) is 0 Å². The van der Waals surface area contributed by atoms with E-state index in [1.165, 1.54) is 0 Å². The molecular formula is C20H21ClN2O3. The van der Waals surface area contributed by atoms with Crippen LogP contribution in [-0.2, 0) is 0 Å². The Morgan fingerprint density at radius 2 is 1.54 bits per heavy atom. The molecule has 2 aromatic rings. The van der Waals surface area contributed by atoms with Crippen LogP contribution < -0.4 is 4.74 Å². The standard InChI is InChI=1S/C20H21ClN2O3/c1-14-12-18(26-2)17(21)13-16(14)20(25)23-10-8-22(9-11-23)19(24)15-6-4-3-5-7-15/h3-7,12-13H,8-11H2,1-2H3. The number of nitrogens with zero attached hydrogens (tertiary/aromatic N) is 2. The fraction of sp³-hybridized carbons (Fsp3) is 0.300. The van der Waals surface area contributed by atoms with Gasteiger partial charge in [-0.25, -0.2) is 0 Å². The lowest BCUT2D eigenvalue weighted by atomic mass is 10.1. The van der Waals surface area contributed by atoms with Gasteiger partial charge in [0.25, 0.3) is 11.8 Å². The zero-order valence-corrected chi connectivity index (χ0v) is 15.6. The average molecular weight is 373 g/mol. The summed E-state index contributed by atoms with van der Waals surface area (Å²) in [5.74, 6) is 0.485. The average Bonchev–Trinajstić information content (AvgIpc) is 2.69. The molecule has 1 fully saturated rings. The molecule has 0 spiro atoms. The molecule has 2 amide bonds. The van der Waals surface area contributed by atoms with Crippen LogP contribution >= 0.6 is 11.6 Å². The second kappa shape index (κ2) is 7.79. The van der Waals surface area contributed by atoms with Crippen molar-refractivity contribution in [3.05, 3.63) is 64.2 Å². The van der Waals surface area contributed by atoms with Gasteiger partial charge in [0, 0.05) is 37.3 Å². The Hall–Kier alpha value is -2.53. The summed E-state index contributed by atoms with van der Waals surface area (Å²) < 4.78 is 5.19. The summed E-state index contributed by atoms with van der Waals surface area (Å²) >= 11 is 6.17. The summed E-state index contributed by atoms with van der Waals surface area (Å²) in [7, 11) is 1.55. The molecule has 1 aliphatic heterocycles. The normalized spacial score (nSPS) is 14.3. The molecule has 0 N–H and O–H groups in total. The molecule has 1 aliphatic rings. The third-order valence-corrected chi connectivity index (χ3v) is 4.90. The number of aryl methyl sites for hydroxylation is 1. The molecule has 136 valence electrons. The lowest BCUT2D eigenvalue weighted by Crippen LogP contribution is -2.50. The van der Waals surface area contributed by atoms with Crippen molar-refractivity contribution in [2.24, 2.45) is 0 Å². The van der Waals surface area contributed by atoms with Gasteiger partial charge in [-0.05, 0) is 36.8 Å². The second-order valence-electron chi connectivity index (χ2n) is 6.25. The molecule has 1 saturated heterocycles. The van der Waals surface area contributed by atoms with E-state index in [9.17, 15) is 9.59 Å². The van der Waals surface area contributed by atoms with Crippen molar-refractivity contribution >= 4 is 23.4 Å². The Balaban J connectivity index is 1.67. The SMILES string of the molecule is COc1cc(C)c(C(=O)N2CCN(C(=O)c3ccccc3)CC2)cc1Cl. The maximum absolute atomic E-state index is 12.8. The molecule has 0 bridgehead atoms. The van der Waals surface area contributed by atoms with Crippen LogP contribution in [-0.4, -0.2) is 54.9 Å². The summed E-state index contributed by atoms with van der Waals surface area (Å²) in [5.41, 5.74) is 2.06. The van der Waals surface area contributed by atoms with Crippen molar-refractivity contribution < 1.29 is 14.3 Å². The third kappa shape index (κ3) is 3.68. The number of rotatable bonds is 3. The van der Waals surface area contributed by atoms with E-state index in [0.29, 0.717) is 48.1 Å². The molecule has 6 heteroatoms. The van der Waals surface area contributed by atoms with Crippen LogP contribution in [0.5, 0.6) is 5.75 Å². The fourth-order valence-electron chi connectivity index (χ4n) is 3.09. The highest BCUT2D eigenvalue weighted by Gasteiger charge is 2.26. The van der Waals surface area contributed by atoms with Crippen LogP contribution in [0.1, 0.15) is 26.3 Å². The lowest BCUT2D eigenvalue weighted by Gasteiger charge is -2.35. The number of hydrogen-bond donors (Lipinski definition) is 0. The zero-order valence-electron chi connectivity index (χ0n) is 14.9. The van der Waals surface area contributed by atoms with Crippen molar-refractivity contribution in [1.29, 1.82) is 0 Å². The summed E-state index contributed by atoms with van der Waals surface area (Å²) in [6.45, 7) is 3.90. The number of carbonyl (C=O) groups is 2. The lowest BCUT2D eigenvalue weighted by molar-refractivity contribution is 0.0535. The van der Waals surface area contributed by atoms with Gasteiger partial charge in [0.05, 0.1) is 12.1 Å². The first-order valence-electron chi connectivity index (χ1n) is 8.49. The van der Waals surface area contributed by atoms with Crippen LogP contribution in [0.2, 0.25) is 5.02 Å². The maximum Gasteiger partial charge on any atom is 0.254 e. The number of amides is 2. The Kier molecular flexibility index (Phi) is 5.47. The molecule has 26 heavy (non-hydrogen) atoms. The molecule has 0 radical (unpaired) electrons. The van der Waals surface area contributed by atoms with Gasteiger partial charge >= 0.3 is 0 Å². The van der Waals surface area contributed by atoms with Gasteiger partial charge in [-0.2, -0.15) is 0 Å². The second-order valence-corrected chi connectivity index (χ2v) is 6.66. The van der Waals surface area contributed by atoms with Crippen LogP contribution in [0.15, 0.2) is 42.5 Å². The summed E-state index contributed by atoms with van der Waals surface area (Å²) in [4.78, 5) is 28.9. The molecule has 0 aliphatic carbocycles. The van der Waals surface area contributed by atoms with Crippen LogP contribution in [0.4, 0.5) is 0 Å². The van der Waals surface area contributed by atoms with E-state index in [1.807, 2.05) is 37.3 Å². The highest BCUT2D eigenvalue weighted by Crippen LogP contribution is 2.28. The third-order valence-electron chi connectivity index (χ3n) is 4.60. The molecule has 0 atom stereocenters. The van der Waals surface area contributed by atoms with Crippen LogP contribution in [0.3, 0.4) is 0 Å². The highest BCUT2D eigenvalue weighted by atomic mass is 35.5. The number of carbonyl (C=O) groups excluding carboxylic acids is 2. The van der Waals surface area contributed by atoms with E-state index < -0.39 is 0 Å². The zero-order chi connectivity index (χ0) is 18.7. The van der Waals surface area contributed by atoms with Crippen molar-refractivity contribution in [3.8, 4) is 5.75 Å². The predicted molar refractivity (Wildman–Crippen MR) is 101 cm³/mol. The minimum Gasteiger partial charge on any atom is -0.495 e. The highest BCUT2D eigenvalue weighted by molar-refractivity contribution is 6.32. The summed E-state index contributed by atoms with van der Waals surface area (Å²) in [5, 5.41) is 0.416. The molecule has 1 heterocycles. The van der Waals surface area contributed by atoms with E-state index in [-0.39, 0.29) is 11.8 Å². The fourth-order valence-corrected chi connectivity index (χ4v) is 3.33. The first-order valence-corrected chi connectivity index (χ1v) is 8.87. The largest absolute Gasteiger partial charge is 0.495 e. The van der Waals surface area contributed by atoms with E-state index >= 15 is 0 Å². The summed E-state index contributed by atoms with van der Waals surface area (Å²) in [6.07, 6.45) is 0. The number of hydrogen-bond acceptors (Lipinski definition) is 3. The summed E-state index contributed by atoms with van der Waals surface area (Å²) in [6, 6.07) is 12.6. The van der Waals surface area contributed by atoms with Crippen LogP contribution in [0, 0.1) is 6.92 Å². The van der Waals surface area contributed by atoms with Gasteiger partial charge in [-0.1, -0.05) is 29.8 Å². The molecule has 3 rings (SSSR count). The predicted octanol–water partition coefficient (Wildman–Crippen LogP) is 3.26. The van der Waals surface area contributed by atoms with Crippen molar-refractivity contribution in [1.82, 2.24) is 9.80 Å². The molecule has 0 unspecified atom stereocenters. The number of benzene rings is 2. The number of piperazine rings is 1. The molecular weight excluding hydrogens is 352 g/mol. The molecule has 0 saturated carbocycles. The Morgan fingerprint density at radius 1 is 0.962 bits per heavy atom. The van der Waals surface area contributed by atoms with Gasteiger partial charge in [0.15, 0.2) is 0 Å². The van der Waals surface area contributed by atoms with E-state index in [4.69, 9.17) is 16.3 Å². The quantitative estimate of drug-likeness (QED) is 0.831. The Bertz CT molecular complexity index is 815. The smallest absolute Gasteiger partial charge is 0.254 e. The van der Waals surface area contributed by atoms with Crippen molar-refractivity contribution in [3.63, 3.8) is 0 Å². The van der Waals surface area contributed by atoms with Gasteiger partial charge in [0.2, 0.25) is 0 Å². The van der Waals surface area contributed by atoms with E-state index in [1.54, 1.807) is 29.0 Å². The Labute approximate surface area is 158 Å². The van der Waals surface area contributed by atoms with Crippen molar-refractivity contribution in [2.45, 2.75) is 6.92 Å². The number of halogens is 1. The number of methoxy groups -OCH3 is 1. The monoisotopic (exact) mass is 372 g/mol. The topological polar surface area (TPSA) is 49.9 Å². The first kappa shape index (κ1) is 18.3. The minimum absolute atomic E-state index is 0.00127. The minimum atomic E-state index is -0.0705. The molecule has 2 aromatic carbocycles. The van der Waals surface area contributed by atoms with Gasteiger partial charge in [0.1, 0.15) is 5.75 Å². The first-order chi connectivity index (χ1) is 12.5. The van der Waals surface area contributed by atoms with Gasteiger partial charge < -0.3 is 14.5 Å². The number of ether oxygens (including phenoxy) is 1. The molecule has 5 nitrogen and oxygen atoms in total. The Morgan fingerprint density at radius 3 is 2.12 bits per heavy atom. The van der Waals surface area contributed by atoms with Gasteiger partial charge in [-0.3, -0.25) is 9.59 Å². The maximum atomic E-state index is 12.8. The van der Waals surface area contributed by atoms with E-state index in [0.717, 1.165) is 5.56 Å². The van der Waals surface area contributed by atoms with Crippen molar-refractivity contribution in [2.75, 3.05) is 33.3 Å². The van der Waals surface area contributed by atoms with E-state index in [2.05, 4.69) is 0 Å².